The van der Waals surface area contributed by atoms with Crippen LogP contribution in [0.5, 0.6) is 0 Å². The Balaban J connectivity index is 1.74. The van der Waals surface area contributed by atoms with Gasteiger partial charge >= 0.3 is 11.4 Å². The number of ether oxygens (including phenoxy) is 2. The molecule has 2 aliphatic rings. The summed E-state index contributed by atoms with van der Waals surface area (Å²) in [6, 6.07) is 0. The largest absolute Gasteiger partial charge is 0.378 e. The fourth-order valence-corrected chi connectivity index (χ4v) is 8.26. The Hall–Kier alpha value is -1.35. The first-order chi connectivity index (χ1) is 14.9. The number of rotatable bonds is 6. The first-order valence-electron chi connectivity index (χ1n) is 9.15. The van der Waals surface area contributed by atoms with Gasteiger partial charge in [-0.3, -0.25) is 20.2 Å². The van der Waals surface area contributed by atoms with Crippen LogP contribution in [0.15, 0.2) is 8.42 Å². The van der Waals surface area contributed by atoms with E-state index >= 15 is 0 Å². The van der Waals surface area contributed by atoms with Crippen LogP contribution in [0.4, 0.5) is 22.7 Å². The molecule has 2 aromatic heterocycles. The van der Waals surface area contributed by atoms with Gasteiger partial charge in [0.1, 0.15) is 28.5 Å². The van der Waals surface area contributed by atoms with Crippen molar-refractivity contribution < 1.29 is 19.3 Å². The molecule has 0 unspecified atom stereocenters. The van der Waals surface area contributed by atoms with Gasteiger partial charge in [-0.1, -0.05) is 35.0 Å². The standard InChI is InChI=1S/C16H16Cl2N4O6S3/c17-13-9(19-1-5-27-6-2-19)11(21(23)24)15(29-13)31-16-12(22(25)26)10(14(18)30-16)20-3-7-28-8-4-20/h1-8H2. The van der Waals surface area contributed by atoms with Crippen LogP contribution in [0.25, 0.3) is 0 Å². The van der Waals surface area contributed by atoms with Crippen molar-refractivity contribution in [3.8, 4) is 0 Å². The SMILES string of the molecule is O=[N+]([O-])c1c(Sc2sc(Cl)c(N3CCOCC3)c2[N+](=O)[O-])sc(Cl)c1N1CCOCC1. The van der Waals surface area contributed by atoms with E-state index in [0.717, 1.165) is 34.4 Å². The number of thiophene rings is 2. The molecule has 2 aromatic rings. The number of morpholine rings is 2. The molecule has 168 valence electrons. The highest BCUT2D eigenvalue weighted by Gasteiger charge is 2.37. The first-order valence-corrected chi connectivity index (χ1v) is 12.4. The number of nitro groups is 2. The minimum atomic E-state index is -0.487. The summed E-state index contributed by atoms with van der Waals surface area (Å²) in [6.45, 7) is 3.70. The van der Waals surface area contributed by atoms with Crippen molar-refractivity contribution in [1.29, 1.82) is 0 Å². The van der Waals surface area contributed by atoms with Gasteiger partial charge in [-0.15, -0.1) is 22.7 Å². The molecule has 2 fully saturated rings. The Kier molecular flexibility index (Phi) is 7.10. The maximum atomic E-state index is 11.9. The summed E-state index contributed by atoms with van der Waals surface area (Å²) >= 11 is 15.8. The zero-order valence-corrected chi connectivity index (χ0v) is 19.8. The Morgan fingerprint density at radius 2 is 1.13 bits per heavy atom. The fourth-order valence-electron chi connectivity index (χ4n) is 3.40. The van der Waals surface area contributed by atoms with E-state index in [4.69, 9.17) is 32.7 Å². The number of anilines is 2. The third-order valence-corrected chi connectivity index (χ3v) is 8.86. The molecule has 0 atom stereocenters. The lowest BCUT2D eigenvalue weighted by Crippen LogP contribution is -2.36. The van der Waals surface area contributed by atoms with Gasteiger partial charge in [-0.25, -0.2) is 0 Å². The number of hydrogen-bond donors (Lipinski definition) is 0. The van der Waals surface area contributed by atoms with Crippen LogP contribution < -0.4 is 9.80 Å². The highest BCUT2D eigenvalue weighted by Crippen LogP contribution is 2.57. The quantitative estimate of drug-likeness (QED) is 0.388. The average Bonchev–Trinajstić information content (AvgIpc) is 3.25. The zero-order valence-electron chi connectivity index (χ0n) is 15.9. The summed E-state index contributed by atoms with van der Waals surface area (Å²) in [7, 11) is 0. The summed E-state index contributed by atoms with van der Waals surface area (Å²) < 4.78 is 11.8. The van der Waals surface area contributed by atoms with E-state index in [-0.39, 0.29) is 28.5 Å². The van der Waals surface area contributed by atoms with Gasteiger partial charge in [0.2, 0.25) is 0 Å². The Bertz CT molecular complexity index is 926. The lowest BCUT2D eigenvalue weighted by molar-refractivity contribution is -0.386. The number of halogens is 2. The van der Waals surface area contributed by atoms with Crippen molar-refractivity contribution in [2.45, 2.75) is 8.42 Å². The van der Waals surface area contributed by atoms with Crippen LogP contribution in [0.2, 0.25) is 8.67 Å². The van der Waals surface area contributed by atoms with Crippen molar-refractivity contribution in [2.24, 2.45) is 0 Å². The zero-order chi connectivity index (χ0) is 22.1. The van der Waals surface area contributed by atoms with Crippen molar-refractivity contribution in [3.63, 3.8) is 0 Å². The normalized spacial score (nSPS) is 17.2. The Labute approximate surface area is 198 Å². The molecule has 0 amide bonds. The molecule has 0 bridgehead atoms. The molecule has 0 aromatic carbocycles. The predicted molar refractivity (Wildman–Crippen MR) is 122 cm³/mol. The van der Waals surface area contributed by atoms with Gasteiger partial charge in [0.05, 0.1) is 36.3 Å². The molecule has 2 saturated heterocycles. The first kappa shape index (κ1) is 22.8. The topological polar surface area (TPSA) is 111 Å². The second kappa shape index (κ2) is 9.65. The molecule has 2 aliphatic heterocycles. The third-order valence-electron chi connectivity index (χ3n) is 4.78. The number of hydrogen-bond acceptors (Lipinski definition) is 11. The molecule has 4 rings (SSSR count). The van der Waals surface area contributed by atoms with Crippen LogP contribution in [0.1, 0.15) is 0 Å². The van der Waals surface area contributed by atoms with E-state index in [1.165, 1.54) is 0 Å². The molecule has 4 heterocycles. The average molecular weight is 527 g/mol. The van der Waals surface area contributed by atoms with Crippen molar-refractivity contribution in [1.82, 2.24) is 0 Å². The van der Waals surface area contributed by atoms with Gasteiger partial charge in [-0.05, 0) is 0 Å². The van der Waals surface area contributed by atoms with E-state index in [0.29, 0.717) is 64.0 Å². The molecule has 0 saturated carbocycles. The van der Waals surface area contributed by atoms with Gasteiger partial charge in [0, 0.05) is 26.2 Å². The Morgan fingerprint density at radius 1 is 0.774 bits per heavy atom. The molecule has 31 heavy (non-hydrogen) atoms. The fraction of sp³-hybridized carbons (Fsp3) is 0.500. The van der Waals surface area contributed by atoms with Crippen LogP contribution in [-0.2, 0) is 9.47 Å². The highest BCUT2D eigenvalue weighted by atomic mass is 35.5. The summed E-state index contributed by atoms with van der Waals surface area (Å²) in [5.41, 5.74) is 0.379. The van der Waals surface area contributed by atoms with E-state index < -0.39 is 9.85 Å². The molecule has 0 N–H and O–H groups in total. The van der Waals surface area contributed by atoms with E-state index in [9.17, 15) is 20.2 Å². The maximum absolute atomic E-state index is 11.9. The van der Waals surface area contributed by atoms with Crippen molar-refractivity contribution in [2.75, 3.05) is 62.4 Å². The molecular formula is C16H16Cl2N4O6S3. The van der Waals surface area contributed by atoms with Crippen molar-refractivity contribution in [3.05, 3.63) is 28.9 Å². The monoisotopic (exact) mass is 526 g/mol. The molecular weight excluding hydrogens is 511 g/mol. The minimum Gasteiger partial charge on any atom is -0.378 e. The van der Waals surface area contributed by atoms with Gasteiger partial charge < -0.3 is 19.3 Å². The molecule has 0 radical (unpaired) electrons. The second-order valence-corrected chi connectivity index (χ2v) is 11.3. The molecule has 15 heteroatoms. The van der Waals surface area contributed by atoms with E-state index in [1.807, 2.05) is 9.80 Å². The maximum Gasteiger partial charge on any atom is 0.318 e. The smallest absolute Gasteiger partial charge is 0.318 e. The Morgan fingerprint density at radius 3 is 1.45 bits per heavy atom. The molecule has 0 aliphatic carbocycles. The number of nitrogens with zero attached hydrogens (tertiary/aromatic N) is 4. The minimum absolute atomic E-state index is 0.145. The molecule has 10 nitrogen and oxygen atoms in total. The third kappa shape index (κ3) is 4.58. The van der Waals surface area contributed by atoms with Gasteiger partial charge in [0.25, 0.3) is 0 Å². The predicted octanol–water partition coefficient (Wildman–Crippen LogP) is 4.76. The van der Waals surface area contributed by atoms with Crippen LogP contribution >= 0.6 is 57.6 Å². The second-order valence-electron chi connectivity index (χ2n) is 6.54. The highest BCUT2D eigenvalue weighted by molar-refractivity contribution is 8.03. The molecule has 0 spiro atoms. The van der Waals surface area contributed by atoms with Gasteiger partial charge in [0.15, 0.2) is 0 Å². The summed E-state index contributed by atoms with van der Waals surface area (Å²) in [6.07, 6.45) is 0. The van der Waals surface area contributed by atoms with E-state index in [2.05, 4.69) is 0 Å². The van der Waals surface area contributed by atoms with E-state index in [1.54, 1.807) is 0 Å². The van der Waals surface area contributed by atoms with Crippen LogP contribution in [0, 0.1) is 20.2 Å². The summed E-state index contributed by atoms with van der Waals surface area (Å²) in [5, 5.41) is 23.9. The summed E-state index contributed by atoms with van der Waals surface area (Å²) in [5.74, 6) is 0. The summed E-state index contributed by atoms with van der Waals surface area (Å²) in [4.78, 5) is 26.5. The lowest BCUT2D eigenvalue weighted by atomic mass is 10.3. The van der Waals surface area contributed by atoms with Crippen molar-refractivity contribution >= 4 is 80.4 Å². The lowest BCUT2D eigenvalue weighted by Gasteiger charge is -2.27. The van der Waals surface area contributed by atoms with Gasteiger partial charge in [-0.2, -0.15) is 0 Å². The van der Waals surface area contributed by atoms with Crippen LogP contribution in [-0.4, -0.2) is 62.5 Å². The van der Waals surface area contributed by atoms with Crippen LogP contribution in [0.3, 0.4) is 0 Å².